The summed E-state index contributed by atoms with van der Waals surface area (Å²) in [7, 11) is 0. The van der Waals surface area contributed by atoms with Crippen molar-refractivity contribution in [2.24, 2.45) is 5.92 Å². The third-order valence-electron chi connectivity index (χ3n) is 5.15. The highest BCUT2D eigenvalue weighted by Gasteiger charge is 2.15. The van der Waals surface area contributed by atoms with Gasteiger partial charge in [0.1, 0.15) is 18.2 Å². The van der Waals surface area contributed by atoms with Gasteiger partial charge in [0.15, 0.2) is 0 Å². The van der Waals surface area contributed by atoms with Gasteiger partial charge in [0.05, 0.1) is 22.6 Å². The number of nitrogens with zero attached hydrogens (tertiary/aromatic N) is 2. The number of imidazole rings is 1. The highest BCUT2D eigenvalue weighted by atomic mass is 35.5. The number of fused-ring (bicyclic) bond motifs is 1. The van der Waals surface area contributed by atoms with E-state index in [2.05, 4.69) is 16.0 Å². The largest absolute Gasteiger partial charge is 0.490 e. The van der Waals surface area contributed by atoms with Crippen LogP contribution in [0.4, 0.5) is 0 Å². The van der Waals surface area contributed by atoms with Crippen LogP contribution in [0.1, 0.15) is 32.5 Å². The molecule has 0 atom stereocenters. The first-order valence-electron chi connectivity index (χ1n) is 10.2. The number of para-hydroxylation sites is 3. The lowest BCUT2D eigenvalue weighted by atomic mass is 10.0. The van der Waals surface area contributed by atoms with Gasteiger partial charge in [-0.3, -0.25) is 4.79 Å². The van der Waals surface area contributed by atoms with Crippen molar-refractivity contribution in [3.63, 3.8) is 0 Å². The van der Waals surface area contributed by atoms with Crippen molar-refractivity contribution in [2.45, 2.75) is 39.7 Å². The summed E-state index contributed by atoms with van der Waals surface area (Å²) in [5.41, 5.74) is 2.02. The van der Waals surface area contributed by atoms with Crippen LogP contribution < -0.4 is 10.1 Å². The number of hydrogen-bond donors (Lipinski definition) is 1. The van der Waals surface area contributed by atoms with E-state index in [1.165, 1.54) is 0 Å². The van der Waals surface area contributed by atoms with Crippen molar-refractivity contribution in [2.75, 3.05) is 13.2 Å². The summed E-state index contributed by atoms with van der Waals surface area (Å²) >= 11 is 6.17. The van der Waals surface area contributed by atoms with Crippen LogP contribution in [0.15, 0.2) is 48.5 Å². The van der Waals surface area contributed by atoms with Crippen LogP contribution in [0, 0.1) is 5.92 Å². The fourth-order valence-electron chi connectivity index (χ4n) is 3.48. The Morgan fingerprint density at radius 1 is 1.14 bits per heavy atom. The molecule has 154 valence electrons. The molecule has 0 fully saturated rings. The molecule has 0 saturated carbocycles. The Bertz CT molecular complexity index is 950. The Kier molecular flexibility index (Phi) is 7.53. The molecule has 0 saturated heterocycles. The molecule has 3 aromatic rings. The van der Waals surface area contributed by atoms with E-state index in [9.17, 15) is 4.79 Å². The zero-order chi connectivity index (χ0) is 20.6. The Morgan fingerprint density at radius 3 is 2.62 bits per heavy atom. The summed E-state index contributed by atoms with van der Waals surface area (Å²) < 4.78 is 8.03. The molecule has 5 nitrogen and oxygen atoms in total. The molecule has 2 aromatic carbocycles. The number of aromatic nitrogens is 2. The molecule has 1 N–H and O–H groups in total. The molecule has 0 aliphatic rings. The predicted molar refractivity (Wildman–Crippen MR) is 117 cm³/mol. The van der Waals surface area contributed by atoms with Crippen LogP contribution >= 0.6 is 11.6 Å². The van der Waals surface area contributed by atoms with Crippen LogP contribution in [0.25, 0.3) is 11.0 Å². The number of benzene rings is 2. The van der Waals surface area contributed by atoms with E-state index in [1.807, 2.05) is 56.3 Å². The van der Waals surface area contributed by atoms with Crippen molar-refractivity contribution in [3.05, 3.63) is 59.4 Å². The van der Waals surface area contributed by atoms with Crippen molar-refractivity contribution in [3.8, 4) is 5.75 Å². The zero-order valence-corrected chi connectivity index (χ0v) is 17.8. The maximum Gasteiger partial charge on any atom is 0.223 e. The average Bonchev–Trinajstić information content (AvgIpc) is 3.08. The number of hydrogen-bond acceptors (Lipinski definition) is 3. The van der Waals surface area contributed by atoms with Crippen molar-refractivity contribution in [1.29, 1.82) is 0 Å². The quantitative estimate of drug-likeness (QED) is 0.516. The van der Waals surface area contributed by atoms with Crippen molar-refractivity contribution >= 4 is 28.5 Å². The summed E-state index contributed by atoms with van der Waals surface area (Å²) in [4.78, 5) is 17.0. The molecule has 0 bridgehead atoms. The van der Waals surface area contributed by atoms with Crippen LogP contribution in [0.2, 0.25) is 5.02 Å². The lowest BCUT2D eigenvalue weighted by Gasteiger charge is -2.14. The first-order valence-corrected chi connectivity index (χ1v) is 10.6. The van der Waals surface area contributed by atoms with E-state index in [-0.39, 0.29) is 11.8 Å². The number of carbonyl (C=O) groups is 1. The van der Waals surface area contributed by atoms with Crippen LogP contribution in [-0.4, -0.2) is 28.6 Å². The van der Waals surface area contributed by atoms with Crippen LogP contribution in [0.3, 0.4) is 0 Å². The molecule has 0 aliphatic carbocycles. The fourth-order valence-corrected chi connectivity index (χ4v) is 3.67. The number of rotatable bonds is 10. The van der Waals surface area contributed by atoms with E-state index >= 15 is 0 Å². The lowest BCUT2D eigenvalue weighted by Crippen LogP contribution is -2.32. The van der Waals surface area contributed by atoms with Gasteiger partial charge in [-0.05, 0) is 37.1 Å². The van der Waals surface area contributed by atoms with E-state index in [1.54, 1.807) is 0 Å². The first kappa shape index (κ1) is 21.2. The topological polar surface area (TPSA) is 56.2 Å². The van der Waals surface area contributed by atoms with Gasteiger partial charge in [-0.1, -0.05) is 49.7 Å². The standard InChI is InChI=1S/C23H28ClN3O2/c1-3-17(4-2)23(28)25-14-13-22-26-19-10-6-7-11-20(19)27(22)15-16-29-21-12-8-5-9-18(21)24/h5-12,17H,3-4,13-16H2,1-2H3,(H,25,28). The lowest BCUT2D eigenvalue weighted by molar-refractivity contribution is -0.125. The number of ether oxygens (including phenoxy) is 1. The third kappa shape index (κ3) is 5.30. The highest BCUT2D eigenvalue weighted by molar-refractivity contribution is 6.32. The number of nitrogens with one attached hydrogen (secondary N) is 1. The predicted octanol–water partition coefficient (Wildman–Crippen LogP) is 4.86. The fraction of sp³-hybridized carbons (Fsp3) is 0.391. The summed E-state index contributed by atoms with van der Waals surface area (Å²) in [6, 6.07) is 15.5. The second-order valence-electron chi connectivity index (χ2n) is 7.00. The number of carbonyl (C=O) groups excluding carboxylic acids is 1. The normalized spacial score (nSPS) is 11.2. The van der Waals surface area contributed by atoms with E-state index in [0.29, 0.717) is 36.9 Å². The third-order valence-corrected chi connectivity index (χ3v) is 5.46. The van der Waals surface area contributed by atoms with Crippen LogP contribution in [0.5, 0.6) is 5.75 Å². The molecule has 0 unspecified atom stereocenters. The smallest absolute Gasteiger partial charge is 0.223 e. The molecule has 1 amide bonds. The van der Waals surface area contributed by atoms with E-state index < -0.39 is 0 Å². The molecule has 0 radical (unpaired) electrons. The molecule has 1 aromatic heterocycles. The number of halogens is 1. The van der Waals surface area contributed by atoms with Gasteiger partial charge < -0.3 is 14.6 Å². The second-order valence-corrected chi connectivity index (χ2v) is 7.41. The van der Waals surface area contributed by atoms with E-state index in [4.69, 9.17) is 21.3 Å². The summed E-state index contributed by atoms with van der Waals surface area (Å²) in [5, 5.41) is 3.66. The van der Waals surface area contributed by atoms with Gasteiger partial charge in [-0.15, -0.1) is 0 Å². The molecular weight excluding hydrogens is 386 g/mol. The summed E-state index contributed by atoms with van der Waals surface area (Å²) in [6.45, 7) is 5.81. The first-order chi connectivity index (χ1) is 14.1. The maximum absolute atomic E-state index is 12.2. The van der Waals surface area contributed by atoms with Crippen molar-refractivity contribution < 1.29 is 9.53 Å². The van der Waals surface area contributed by atoms with Gasteiger partial charge in [0.2, 0.25) is 5.91 Å². The van der Waals surface area contributed by atoms with Crippen molar-refractivity contribution in [1.82, 2.24) is 14.9 Å². The molecule has 1 heterocycles. The molecule has 0 spiro atoms. The molecule has 3 rings (SSSR count). The van der Waals surface area contributed by atoms with Gasteiger partial charge in [-0.2, -0.15) is 0 Å². The molecule has 6 heteroatoms. The Labute approximate surface area is 177 Å². The minimum absolute atomic E-state index is 0.0813. The minimum Gasteiger partial charge on any atom is -0.490 e. The highest BCUT2D eigenvalue weighted by Crippen LogP contribution is 2.23. The Hall–Kier alpha value is -2.53. The summed E-state index contributed by atoms with van der Waals surface area (Å²) in [5.74, 6) is 1.83. The van der Waals surface area contributed by atoms with Gasteiger partial charge >= 0.3 is 0 Å². The zero-order valence-electron chi connectivity index (χ0n) is 17.0. The maximum atomic E-state index is 12.2. The van der Waals surface area contributed by atoms with Gasteiger partial charge in [-0.25, -0.2) is 4.98 Å². The Balaban J connectivity index is 1.67. The van der Waals surface area contributed by atoms with E-state index in [0.717, 1.165) is 29.7 Å². The van der Waals surface area contributed by atoms with Crippen LogP contribution in [-0.2, 0) is 17.8 Å². The number of amides is 1. The molecule has 0 aliphatic heterocycles. The van der Waals surface area contributed by atoms with Gasteiger partial charge in [0, 0.05) is 18.9 Å². The second kappa shape index (κ2) is 10.3. The molecular formula is C23H28ClN3O2. The van der Waals surface area contributed by atoms with Gasteiger partial charge in [0.25, 0.3) is 0 Å². The minimum atomic E-state index is 0.0813. The summed E-state index contributed by atoms with van der Waals surface area (Å²) in [6.07, 6.45) is 2.40. The average molecular weight is 414 g/mol. The molecule has 29 heavy (non-hydrogen) atoms. The monoisotopic (exact) mass is 413 g/mol. The SMILES string of the molecule is CCC(CC)C(=O)NCCc1nc2ccccc2n1CCOc1ccccc1Cl. The Morgan fingerprint density at radius 2 is 1.86 bits per heavy atom.